The number of nitrogens with zero attached hydrogens (tertiary/aromatic N) is 4. The van der Waals surface area contributed by atoms with Gasteiger partial charge in [0.05, 0.1) is 13.2 Å². The SMILES string of the molecule is O=[N+]([O-])c1cn2c(n1)OC[C@@H](OCc1ccc(-c3ccc(Oc4ccc(OC(F)(F)F)cc4)nc3)cc1)C2. The summed E-state index contributed by atoms with van der Waals surface area (Å²) in [5.74, 6) is -0.00837. The maximum Gasteiger partial charge on any atom is 0.573 e. The van der Waals surface area contributed by atoms with E-state index in [9.17, 15) is 23.3 Å². The minimum absolute atomic E-state index is 0.208. The molecule has 1 aliphatic heterocycles. The third kappa shape index (κ3) is 6.18. The van der Waals surface area contributed by atoms with Crippen LogP contribution < -0.4 is 14.2 Å². The molecule has 3 heterocycles. The van der Waals surface area contributed by atoms with E-state index in [2.05, 4.69) is 14.7 Å². The molecule has 4 aromatic rings. The minimum atomic E-state index is -4.76. The topological polar surface area (TPSA) is 111 Å². The van der Waals surface area contributed by atoms with Gasteiger partial charge in [0, 0.05) is 22.8 Å². The highest BCUT2D eigenvalue weighted by Gasteiger charge is 2.31. The number of benzene rings is 2. The van der Waals surface area contributed by atoms with Crippen LogP contribution in [-0.2, 0) is 17.9 Å². The second kappa shape index (κ2) is 10.4. The van der Waals surface area contributed by atoms with E-state index in [-0.39, 0.29) is 36.2 Å². The van der Waals surface area contributed by atoms with Gasteiger partial charge in [0.15, 0.2) is 0 Å². The number of ether oxygens (including phenoxy) is 4. The van der Waals surface area contributed by atoms with Gasteiger partial charge in [0.25, 0.3) is 0 Å². The van der Waals surface area contributed by atoms with E-state index in [1.807, 2.05) is 30.3 Å². The number of nitro groups is 1. The predicted octanol–water partition coefficient (Wildman–Crippen LogP) is 5.52. The maximum atomic E-state index is 12.3. The Morgan fingerprint density at radius 3 is 2.39 bits per heavy atom. The molecule has 0 aliphatic carbocycles. The standard InChI is InChI=1S/C25H19F3N4O6/c26-25(27,28)38-20-8-6-19(7-9-20)37-23-10-5-18(11-29-23)17-3-1-16(2-4-17)14-35-21-12-31-13-22(32(33)34)30-24(31)36-15-21/h1-11,13,21H,12,14-15H2/t21-/m0/s1. The summed E-state index contributed by atoms with van der Waals surface area (Å²) < 4.78 is 59.2. The van der Waals surface area contributed by atoms with Crippen molar-refractivity contribution in [2.24, 2.45) is 0 Å². The summed E-state index contributed by atoms with van der Waals surface area (Å²) in [6.07, 6.45) is -2.08. The highest BCUT2D eigenvalue weighted by Crippen LogP contribution is 2.28. The van der Waals surface area contributed by atoms with Crippen molar-refractivity contribution in [1.82, 2.24) is 14.5 Å². The van der Waals surface area contributed by atoms with Crippen molar-refractivity contribution in [3.05, 3.63) is 88.7 Å². The summed E-state index contributed by atoms with van der Waals surface area (Å²) in [6, 6.07) is 16.4. The van der Waals surface area contributed by atoms with Crippen molar-refractivity contribution in [1.29, 1.82) is 0 Å². The van der Waals surface area contributed by atoms with E-state index in [0.29, 0.717) is 18.9 Å². The van der Waals surface area contributed by atoms with Gasteiger partial charge in [-0.2, -0.15) is 0 Å². The van der Waals surface area contributed by atoms with Gasteiger partial charge in [-0.05, 0) is 46.4 Å². The Bertz CT molecular complexity index is 1410. The van der Waals surface area contributed by atoms with Crippen LogP contribution in [0.3, 0.4) is 0 Å². The lowest BCUT2D eigenvalue weighted by Gasteiger charge is -2.22. The van der Waals surface area contributed by atoms with Crippen LogP contribution in [0.15, 0.2) is 73.1 Å². The molecule has 0 radical (unpaired) electrons. The molecule has 10 nitrogen and oxygen atoms in total. The largest absolute Gasteiger partial charge is 0.573 e. The number of hydrogen-bond acceptors (Lipinski definition) is 8. The smallest absolute Gasteiger partial charge is 0.443 e. The van der Waals surface area contributed by atoms with E-state index < -0.39 is 11.3 Å². The van der Waals surface area contributed by atoms with Gasteiger partial charge >= 0.3 is 18.2 Å². The maximum absolute atomic E-state index is 12.3. The summed E-state index contributed by atoms with van der Waals surface area (Å²) in [6.45, 7) is 0.982. The molecule has 0 N–H and O–H groups in total. The van der Waals surface area contributed by atoms with Gasteiger partial charge in [-0.3, -0.25) is 4.57 Å². The second-order valence-corrected chi connectivity index (χ2v) is 8.24. The molecular weight excluding hydrogens is 509 g/mol. The third-order valence-corrected chi connectivity index (χ3v) is 5.50. The van der Waals surface area contributed by atoms with E-state index in [1.165, 1.54) is 18.3 Å². The zero-order valence-electron chi connectivity index (χ0n) is 19.5. The van der Waals surface area contributed by atoms with Gasteiger partial charge in [0.2, 0.25) is 5.88 Å². The average Bonchev–Trinajstić information content (AvgIpc) is 3.33. The summed E-state index contributed by atoms with van der Waals surface area (Å²) in [4.78, 5) is 18.4. The van der Waals surface area contributed by atoms with E-state index in [1.54, 1.807) is 16.8 Å². The second-order valence-electron chi connectivity index (χ2n) is 8.24. The summed E-state index contributed by atoms with van der Waals surface area (Å²) >= 11 is 0. The Kier molecular flexibility index (Phi) is 6.83. The van der Waals surface area contributed by atoms with Crippen LogP contribution in [0.1, 0.15) is 5.56 Å². The number of fused-ring (bicyclic) bond motifs is 1. The molecule has 0 spiro atoms. The lowest BCUT2D eigenvalue weighted by atomic mass is 10.1. The molecule has 1 aliphatic rings. The predicted molar refractivity (Wildman–Crippen MR) is 126 cm³/mol. The highest BCUT2D eigenvalue weighted by atomic mass is 19.4. The molecular formula is C25H19F3N4O6. The zero-order chi connectivity index (χ0) is 26.7. The Morgan fingerprint density at radius 2 is 1.74 bits per heavy atom. The molecule has 1 atom stereocenters. The van der Waals surface area contributed by atoms with Crippen LogP contribution >= 0.6 is 0 Å². The van der Waals surface area contributed by atoms with Gasteiger partial charge in [-0.15, -0.1) is 13.2 Å². The number of pyridine rings is 1. The minimum Gasteiger partial charge on any atom is -0.443 e. The van der Waals surface area contributed by atoms with Crippen LogP contribution in [-0.4, -0.2) is 38.5 Å². The molecule has 0 unspecified atom stereocenters. The molecule has 0 bridgehead atoms. The van der Waals surface area contributed by atoms with Crippen LogP contribution in [0.2, 0.25) is 0 Å². The molecule has 0 amide bonds. The normalized spacial score (nSPS) is 14.9. The summed E-state index contributed by atoms with van der Waals surface area (Å²) in [5, 5.41) is 10.9. The van der Waals surface area contributed by atoms with Crippen LogP contribution in [0.4, 0.5) is 19.0 Å². The van der Waals surface area contributed by atoms with Crippen molar-refractivity contribution in [3.8, 4) is 34.5 Å². The molecule has 5 rings (SSSR count). The van der Waals surface area contributed by atoms with Crippen LogP contribution in [0.25, 0.3) is 11.1 Å². The van der Waals surface area contributed by atoms with Crippen LogP contribution in [0.5, 0.6) is 23.4 Å². The summed E-state index contributed by atoms with van der Waals surface area (Å²) in [5.41, 5.74) is 2.69. The fourth-order valence-electron chi connectivity index (χ4n) is 3.71. The first-order chi connectivity index (χ1) is 18.2. The molecule has 2 aromatic carbocycles. The van der Waals surface area contributed by atoms with E-state index in [0.717, 1.165) is 28.8 Å². The fraction of sp³-hybridized carbons (Fsp3) is 0.200. The molecule has 38 heavy (non-hydrogen) atoms. The molecule has 2 aromatic heterocycles. The lowest BCUT2D eigenvalue weighted by molar-refractivity contribution is -0.389. The molecule has 196 valence electrons. The number of hydrogen-bond donors (Lipinski definition) is 0. The third-order valence-electron chi connectivity index (χ3n) is 5.50. The first kappa shape index (κ1) is 25.0. The van der Waals surface area contributed by atoms with Gasteiger partial charge < -0.3 is 29.1 Å². The Hall–Kier alpha value is -4.65. The summed E-state index contributed by atoms with van der Waals surface area (Å²) in [7, 11) is 0. The number of imidazole rings is 1. The van der Waals surface area contributed by atoms with E-state index in [4.69, 9.17) is 14.2 Å². The Morgan fingerprint density at radius 1 is 1.03 bits per heavy atom. The molecule has 13 heteroatoms. The van der Waals surface area contributed by atoms with Crippen LogP contribution in [0, 0.1) is 10.1 Å². The highest BCUT2D eigenvalue weighted by molar-refractivity contribution is 5.63. The van der Waals surface area contributed by atoms with Crippen molar-refractivity contribution in [2.45, 2.75) is 25.6 Å². The first-order valence-corrected chi connectivity index (χ1v) is 11.3. The number of alkyl halides is 3. The monoisotopic (exact) mass is 528 g/mol. The fourth-order valence-corrected chi connectivity index (χ4v) is 3.71. The number of aromatic nitrogens is 3. The molecule has 0 saturated carbocycles. The average molecular weight is 528 g/mol. The quantitative estimate of drug-likeness (QED) is 0.217. The van der Waals surface area contributed by atoms with Crippen molar-refractivity contribution in [2.75, 3.05) is 6.61 Å². The Labute approximate surface area is 213 Å². The van der Waals surface area contributed by atoms with Gasteiger partial charge in [0.1, 0.15) is 30.4 Å². The first-order valence-electron chi connectivity index (χ1n) is 11.3. The Balaban J connectivity index is 1.13. The number of rotatable bonds is 8. The van der Waals surface area contributed by atoms with Crippen molar-refractivity contribution in [3.63, 3.8) is 0 Å². The molecule has 0 fully saturated rings. The van der Waals surface area contributed by atoms with E-state index >= 15 is 0 Å². The zero-order valence-corrected chi connectivity index (χ0v) is 19.5. The van der Waals surface area contributed by atoms with Gasteiger partial charge in [-0.25, -0.2) is 4.98 Å². The van der Waals surface area contributed by atoms with Crippen molar-refractivity contribution < 1.29 is 37.0 Å². The lowest BCUT2D eigenvalue weighted by Crippen LogP contribution is -2.32. The van der Waals surface area contributed by atoms with Gasteiger partial charge in [-0.1, -0.05) is 24.3 Å². The van der Waals surface area contributed by atoms with Crippen molar-refractivity contribution >= 4 is 5.82 Å². The number of halogens is 3. The molecule has 0 saturated heterocycles.